The molecule has 3 heterocycles. The van der Waals surface area contributed by atoms with Crippen molar-refractivity contribution in [2.75, 3.05) is 27.2 Å². The normalized spacial score (nSPS) is 15.7. The first-order valence-corrected chi connectivity index (χ1v) is 11.9. The third-order valence-electron chi connectivity index (χ3n) is 6.82. The first-order valence-electron chi connectivity index (χ1n) is 11.5. The summed E-state index contributed by atoms with van der Waals surface area (Å²) in [5, 5.41) is 5.74. The molecule has 0 amide bonds. The van der Waals surface area contributed by atoms with Gasteiger partial charge in [0, 0.05) is 45.6 Å². The van der Waals surface area contributed by atoms with Crippen molar-refractivity contribution in [2.45, 2.75) is 32.2 Å². The molecule has 1 saturated heterocycles. The van der Waals surface area contributed by atoms with Crippen molar-refractivity contribution in [1.82, 2.24) is 15.1 Å². The molecule has 0 spiro atoms. The quantitative estimate of drug-likeness (QED) is 0.198. The van der Waals surface area contributed by atoms with E-state index >= 15 is 0 Å². The molecule has 1 aliphatic rings. The van der Waals surface area contributed by atoms with E-state index in [2.05, 4.69) is 17.2 Å². The molecular formula is C26H28ClIN4O3. The number of nitrogens with one attached hydrogen (secondary N) is 1. The van der Waals surface area contributed by atoms with Gasteiger partial charge in [-0.05, 0) is 49.4 Å². The minimum absolute atomic E-state index is 0. The molecule has 0 radical (unpaired) electrons. The summed E-state index contributed by atoms with van der Waals surface area (Å²) in [7, 11) is 3.85. The number of aryl methyl sites for hydroxylation is 1. The van der Waals surface area contributed by atoms with Crippen LogP contribution in [0.4, 0.5) is 0 Å². The second kappa shape index (κ2) is 10.3. The van der Waals surface area contributed by atoms with E-state index in [1.165, 1.54) is 12.8 Å². The van der Waals surface area contributed by atoms with Crippen LogP contribution in [0.15, 0.2) is 47.0 Å². The maximum absolute atomic E-state index is 13.9. The number of benzene rings is 2. The third-order valence-corrected chi connectivity index (χ3v) is 7.07. The Balaban J connectivity index is 0.00000289. The Morgan fingerprint density at radius 2 is 1.91 bits per heavy atom. The summed E-state index contributed by atoms with van der Waals surface area (Å²) in [5.41, 5.74) is 3.13. The van der Waals surface area contributed by atoms with E-state index in [0.29, 0.717) is 34.6 Å². The smallest absolute Gasteiger partial charge is 0.242 e. The summed E-state index contributed by atoms with van der Waals surface area (Å²) >= 11 is 6.07. The monoisotopic (exact) mass is 606 g/mol. The Morgan fingerprint density at radius 3 is 2.60 bits per heavy atom. The number of aromatic amines is 1. The van der Waals surface area contributed by atoms with Crippen molar-refractivity contribution in [2.24, 2.45) is 0 Å². The summed E-state index contributed by atoms with van der Waals surface area (Å²) in [5.74, 6) is 0.756. The second-order valence-electron chi connectivity index (χ2n) is 9.36. The van der Waals surface area contributed by atoms with Crippen molar-refractivity contribution >= 4 is 28.3 Å². The van der Waals surface area contributed by atoms with Crippen LogP contribution in [0.3, 0.4) is 0 Å². The number of ether oxygens (including phenoxy) is 1. The van der Waals surface area contributed by atoms with Gasteiger partial charge in [0.25, 0.3) is 0 Å². The molecule has 9 heteroatoms. The van der Waals surface area contributed by atoms with Crippen LogP contribution in [0.1, 0.15) is 52.1 Å². The lowest BCUT2D eigenvalue weighted by atomic mass is 9.88. The lowest BCUT2D eigenvalue weighted by Gasteiger charge is -2.27. The molecule has 4 aromatic rings. The molecule has 0 aliphatic carbocycles. The lowest BCUT2D eigenvalue weighted by Crippen LogP contribution is -3.00. The zero-order valence-electron chi connectivity index (χ0n) is 20.0. The maximum Gasteiger partial charge on any atom is 0.242 e. The Labute approximate surface area is 226 Å². The van der Waals surface area contributed by atoms with Crippen LogP contribution in [-0.2, 0) is 6.54 Å². The van der Waals surface area contributed by atoms with Gasteiger partial charge in [-0.2, -0.15) is 4.98 Å². The van der Waals surface area contributed by atoms with Crippen LogP contribution in [0.25, 0.3) is 10.9 Å². The number of ketones is 1. The fourth-order valence-corrected chi connectivity index (χ4v) is 5.15. The minimum Gasteiger partial charge on any atom is -1.00 e. The molecule has 0 bridgehead atoms. The molecule has 0 saturated carbocycles. The zero-order chi connectivity index (χ0) is 23.9. The summed E-state index contributed by atoms with van der Waals surface area (Å²) in [4.78, 5) is 22.0. The average Bonchev–Trinajstić information content (AvgIpc) is 3.54. The van der Waals surface area contributed by atoms with E-state index in [1.54, 1.807) is 31.4 Å². The molecule has 1 unspecified atom stereocenters. The van der Waals surface area contributed by atoms with Crippen molar-refractivity contribution in [3.05, 3.63) is 76.0 Å². The van der Waals surface area contributed by atoms with E-state index in [9.17, 15) is 4.79 Å². The number of carbonyl (C=O) groups excluding carboxylic acids is 1. The number of carbonyl (C=O) groups is 1. The number of hydrogen-bond donors (Lipinski definition) is 1. The van der Waals surface area contributed by atoms with Gasteiger partial charge in [0.05, 0.1) is 27.2 Å². The number of rotatable bonds is 7. The van der Waals surface area contributed by atoms with Crippen LogP contribution in [0.2, 0.25) is 5.02 Å². The van der Waals surface area contributed by atoms with Crippen molar-refractivity contribution in [1.29, 1.82) is 0 Å². The van der Waals surface area contributed by atoms with Crippen LogP contribution in [0.5, 0.6) is 5.75 Å². The SMILES string of the molecule is COc1ccc2[nH]c(C)c(C(C(=O)c3ccc(Cl)cc3)c3nc(C[N+]4(C)CCCC4)no3)c2c1.[I-]. The first kappa shape index (κ1) is 25.7. The highest BCUT2D eigenvalue weighted by atomic mass is 127. The Morgan fingerprint density at radius 1 is 1.20 bits per heavy atom. The number of halogens is 2. The van der Waals surface area contributed by atoms with Gasteiger partial charge < -0.3 is 42.7 Å². The molecule has 7 nitrogen and oxygen atoms in total. The highest BCUT2D eigenvalue weighted by Crippen LogP contribution is 2.37. The highest BCUT2D eigenvalue weighted by Gasteiger charge is 2.35. The predicted octanol–water partition coefficient (Wildman–Crippen LogP) is 2.28. The van der Waals surface area contributed by atoms with Crippen LogP contribution in [-0.4, -0.2) is 52.6 Å². The van der Waals surface area contributed by atoms with Crippen LogP contribution < -0.4 is 28.7 Å². The molecule has 1 atom stereocenters. The van der Waals surface area contributed by atoms with E-state index in [0.717, 1.165) is 39.7 Å². The number of methoxy groups -OCH3 is 1. The topological polar surface area (TPSA) is 81.0 Å². The largest absolute Gasteiger partial charge is 1.00 e. The number of quaternary nitrogens is 1. The standard InChI is InChI=1S/C26H28ClN4O3.HI/c1-16-23(20-14-19(33-3)10-11-21(20)28-16)24(25(32)17-6-8-18(27)9-7-17)26-29-22(30-34-26)15-31(2)12-4-5-13-31;/h6-11,14,24,28H,4-5,12-13,15H2,1-3H3;1H/q+1;/p-1. The fourth-order valence-electron chi connectivity index (χ4n) is 5.02. The number of fused-ring (bicyclic) bond motifs is 1. The Kier molecular flexibility index (Phi) is 7.54. The van der Waals surface area contributed by atoms with Gasteiger partial charge in [0.15, 0.2) is 5.78 Å². The molecule has 184 valence electrons. The van der Waals surface area contributed by atoms with Gasteiger partial charge in [-0.3, -0.25) is 4.79 Å². The van der Waals surface area contributed by atoms with Crippen LogP contribution >= 0.6 is 11.6 Å². The summed E-state index contributed by atoms with van der Waals surface area (Å²) in [6.07, 6.45) is 2.41. The number of likely N-dealkylation sites (tertiary alicyclic amines) is 1. The average molecular weight is 607 g/mol. The molecule has 2 aromatic heterocycles. The Hall–Kier alpha value is -2.43. The predicted molar refractivity (Wildman–Crippen MR) is 130 cm³/mol. The van der Waals surface area contributed by atoms with Crippen molar-refractivity contribution in [3.8, 4) is 5.75 Å². The number of nitrogens with zero attached hydrogens (tertiary/aromatic N) is 3. The highest BCUT2D eigenvalue weighted by molar-refractivity contribution is 6.30. The molecule has 5 rings (SSSR count). The fraction of sp³-hybridized carbons (Fsp3) is 0.346. The number of Topliss-reactive ketones (excluding diaryl/α,β-unsaturated/α-hetero) is 1. The second-order valence-corrected chi connectivity index (χ2v) is 9.80. The van der Waals surface area contributed by atoms with Gasteiger partial charge >= 0.3 is 0 Å². The molecule has 1 fully saturated rings. The van der Waals surface area contributed by atoms with Crippen molar-refractivity contribution < 1.29 is 42.5 Å². The lowest BCUT2D eigenvalue weighted by molar-refractivity contribution is -0.911. The van der Waals surface area contributed by atoms with E-state index < -0.39 is 5.92 Å². The molecular weight excluding hydrogens is 579 g/mol. The number of hydrogen-bond acceptors (Lipinski definition) is 5. The number of H-pyrrole nitrogens is 1. The summed E-state index contributed by atoms with van der Waals surface area (Å²) < 4.78 is 12.1. The van der Waals surface area contributed by atoms with Gasteiger partial charge in [0.1, 0.15) is 18.2 Å². The van der Waals surface area contributed by atoms with Gasteiger partial charge in [-0.25, -0.2) is 0 Å². The molecule has 35 heavy (non-hydrogen) atoms. The molecule has 1 aliphatic heterocycles. The summed E-state index contributed by atoms with van der Waals surface area (Å²) in [6, 6.07) is 12.7. The molecule has 1 N–H and O–H groups in total. The minimum atomic E-state index is -0.757. The first-order chi connectivity index (χ1) is 16.4. The molecule has 2 aromatic carbocycles. The van der Waals surface area contributed by atoms with Gasteiger partial charge in [-0.1, -0.05) is 16.8 Å². The Bertz CT molecular complexity index is 1340. The zero-order valence-corrected chi connectivity index (χ0v) is 22.9. The maximum atomic E-state index is 13.9. The third kappa shape index (κ3) is 5.10. The number of aromatic nitrogens is 3. The van der Waals surface area contributed by atoms with E-state index in [1.807, 2.05) is 25.1 Å². The van der Waals surface area contributed by atoms with Gasteiger partial charge in [-0.15, -0.1) is 0 Å². The summed E-state index contributed by atoms with van der Waals surface area (Å²) in [6.45, 7) is 4.83. The van der Waals surface area contributed by atoms with Crippen molar-refractivity contribution in [3.63, 3.8) is 0 Å². The van der Waals surface area contributed by atoms with E-state index in [4.69, 9.17) is 25.8 Å². The van der Waals surface area contributed by atoms with E-state index in [-0.39, 0.29) is 29.8 Å². The van der Waals surface area contributed by atoms with Gasteiger partial charge in [0.2, 0.25) is 11.7 Å². The van der Waals surface area contributed by atoms with Crippen LogP contribution in [0, 0.1) is 6.92 Å².